The van der Waals surface area contributed by atoms with Crippen molar-refractivity contribution in [3.63, 3.8) is 0 Å². The number of aryl methyl sites for hydroxylation is 1. The average molecular weight is 311 g/mol. The molecule has 2 aromatic rings. The van der Waals surface area contributed by atoms with E-state index in [0.29, 0.717) is 5.41 Å². The molecule has 1 N–H and O–H groups in total. The predicted octanol–water partition coefficient (Wildman–Crippen LogP) is 2.99. The Morgan fingerprint density at radius 3 is 2.74 bits per heavy atom. The summed E-state index contributed by atoms with van der Waals surface area (Å²) >= 11 is 0. The van der Waals surface area contributed by atoms with E-state index in [2.05, 4.69) is 39.1 Å². The van der Waals surface area contributed by atoms with E-state index in [1.165, 1.54) is 25.9 Å². The highest BCUT2D eigenvalue weighted by atomic mass is 15.1. The van der Waals surface area contributed by atoms with Gasteiger partial charge < -0.3 is 10.2 Å². The molecule has 5 heteroatoms. The fraction of sp³-hybridized carbons (Fsp3) is 0.500. The van der Waals surface area contributed by atoms with Crippen LogP contribution >= 0.6 is 0 Å². The maximum atomic E-state index is 4.66. The molecule has 122 valence electrons. The Morgan fingerprint density at radius 2 is 2.04 bits per heavy atom. The van der Waals surface area contributed by atoms with Gasteiger partial charge in [0.2, 0.25) is 0 Å². The molecule has 1 saturated heterocycles. The maximum Gasteiger partial charge on any atom is 0.163 e. The van der Waals surface area contributed by atoms with Crippen LogP contribution in [0.2, 0.25) is 0 Å². The fourth-order valence-corrected chi connectivity index (χ4v) is 2.92. The summed E-state index contributed by atoms with van der Waals surface area (Å²) in [5.41, 5.74) is 2.25. The molecule has 1 aliphatic heterocycles. The van der Waals surface area contributed by atoms with Crippen LogP contribution in [0.1, 0.15) is 25.5 Å². The van der Waals surface area contributed by atoms with Crippen LogP contribution in [0.15, 0.2) is 30.6 Å². The van der Waals surface area contributed by atoms with Crippen LogP contribution in [0.25, 0.3) is 11.4 Å². The van der Waals surface area contributed by atoms with E-state index in [1.54, 1.807) is 12.4 Å². The third-order valence-corrected chi connectivity index (χ3v) is 4.66. The lowest BCUT2D eigenvalue weighted by atomic mass is 9.80. The molecule has 0 spiro atoms. The van der Waals surface area contributed by atoms with Crippen LogP contribution in [-0.4, -0.2) is 46.5 Å². The number of likely N-dealkylation sites (tertiary alicyclic amines) is 1. The number of aromatic nitrogens is 3. The monoisotopic (exact) mass is 311 g/mol. The number of hydrogen-bond donors (Lipinski definition) is 1. The second-order valence-electron chi connectivity index (χ2n) is 6.93. The zero-order chi connectivity index (χ0) is 16.3. The molecule has 5 nitrogen and oxygen atoms in total. The first-order valence-electron chi connectivity index (χ1n) is 8.23. The van der Waals surface area contributed by atoms with Crippen molar-refractivity contribution >= 4 is 5.82 Å². The van der Waals surface area contributed by atoms with Gasteiger partial charge in [0.05, 0.1) is 0 Å². The summed E-state index contributed by atoms with van der Waals surface area (Å²) in [7, 11) is 2.20. The Bertz CT molecular complexity index is 648. The van der Waals surface area contributed by atoms with Crippen LogP contribution in [-0.2, 0) is 0 Å². The predicted molar refractivity (Wildman–Crippen MR) is 93.3 cm³/mol. The Kier molecular flexibility index (Phi) is 4.57. The minimum Gasteiger partial charge on any atom is -0.369 e. The van der Waals surface area contributed by atoms with Crippen LogP contribution < -0.4 is 5.32 Å². The van der Waals surface area contributed by atoms with Crippen LogP contribution in [0.5, 0.6) is 0 Å². The number of nitrogens with zero attached hydrogens (tertiary/aromatic N) is 4. The lowest BCUT2D eigenvalue weighted by Gasteiger charge is -2.38. The summed E-state index contributed by atoms with van der Waals surface area (Å²) in [6.07, 6.45) is 6.00. The zero-order valence-corrected chi connectivity index (χ0v) is 14.2. The number of rotatable bonds is 4. The molecular weight excluding hydrogens is 286 g/mol. The maximum absolute atomic E-state index is 4.66. The summed E-state index contributed by atoms with van der Waals surface area (Å²) in [5.74, 6) is 1.63. The minimum atomic E-state index is 0.333. The topological polar surface area (TPSA) is 53.9 Å². The highest BCUT2D eigenvalue weighted by molar-refractivity contribution is 5.56. The Morgan fingerprint density at radius 1 is 1.26 bits per heavy atom. The number of piperidine rings is 1. The SMILES string of the molecule is Cc1cc(NCC2(C)CCN(C)CC2)nc(-c2cccnc2)n1. The van der Waals surface area contributed by atoms with Crippen molar-refractivity contribution in [1.29, 1.82) is 0 Å². The van der Waals surface area contributed by atoms with E-state index in [-0.39, 0.29) is 0 Å². The Labute approximate surface area is 138 Å². The van der Waals surface area contributed by atoms with E-state index in [9.17, 15) is 0 Å². The molecule has 3 heterocycles. The van der Waals surface area contributed by atoms with Crippen molar-refractivity contribution in [2.75, 3.05) is 32.0 Å². The van der Waals surface area contributed by atoms with Gasteiger partial charge in [0.1, 0.15) is 5.82 Å². The molecule has 1 fully saturated rings. The normalized spacial score (nSPS) is 17.9. The number of anilines is 1. The number of nitrogens with one attached hydrogen (secondary N) is 1. The first-order valence-corrected chi connectivity index (χ1v) is 8.23. The molecular formula is C18H25N5. The molecule has 0 saturated carbocycles. The van der Waals surface area contributed by atoms with E-state index >= 15 is 0 Å². The highest BCUT2D eigenvalue weighted by Gasteiger charge is 2.28. The van der Waals surface area contributed by atoms with Crippen molar-refractivity contribution in [2.24, 2.45) is 5.41 Å². The minimum absolute atomic E-state index is 0.333. The largest absolute Gasteiger partial charge is 0.369 e. The van der Waals surface area contributed by atoms with Crippen molar-refractivity contribution in [3.05, 3.63) is 36.3 Å². The van der Waals surface area contributed by atoms with E-state index < -0.39 is 0 Å². The average Bonchev–Trinajstić information content (AvgIpc) is 2.57. The molecule has 23 heavy (non-hydrogen) atoms. The summed E-state index contributed by atoms with van der Waals surface area (Å²) in [5, 5.41) is 3.53. The van der Waals surface area contributed by atoms with Crippen LogP contribution in [0.3, 0.4) is 0 Å². The van der Waals surface area contributed by atoms with Gasteiger partial charge in [-0.25, -0.2) is 9.97 Å². The van der Waals surface area contributed by atoms with Gasteiger partial charge in [-0.1, -0.05) is 6.92 Å². The number of hydrogen-bond acceptors (Lipinski definition) is 5. The van der Waals surface area contributed by atoms with Crippen LogP contribution in [0.4, 0.5) is 5.82 Å². The van der Waals surface area contributed by atoms with E-state index in [1.807, 2.05) is 25.1 Å². The second kappa shape index (κ2) is 6.62. The van der Waals surface area contributed by atoms with Gasteiger partial charge in [-0.2, -0.15) is 0 Å². The standard InChI is InChI=1S/C18H25N5/c1-14-11-16(20-13-18(2)6-9-23(3)10-7-18)22-17(21-14)15-5-4-8-19-12-15/h4-5,8,11-12H,6-7,9-10,13H2,1-3H3,(H,20,21,22). The molecule has 2 aromatic heterocycles. The quantitative estimate of drug-likeness (QED) is 0.940. The smallest absolute Gasteiger partial charge is 0.163 e. The lowest BCUT2D eigenvalue weighted by Crippen LogP contribution is -2.40. The fourth-order valence-electron chi connectivity index (χ4n) is 2.92. The van der Waals surface area contributed by atoms with Gasteiger partial charge in [0.15, 0.2) is 5.82 Å². The Hall–Kier alpha value is -2.01. The van der Waals surface area contributed by atoms with Gasteiger partial charge >= 0.3 is 0 Å². The zero-order valence-electron chi connectivity index (χ0n) is 14.2. The van der Waals surface area contributed by atoms with Gasteiger partial charge in [0.25, 0.3) is 0 Å². The van der Waals surface area contributed by atoms with E-state index in [0.717, 1.165) is 29.4 Å². The van der Waals surface area contributed by atoms with Crippen molar-refractivity contribution in [1.82, 2.24) is 19.9 Å². The third kappa shape index (κ3) is 4.05. The summed E-state index contributed by atoms with van der Waals surface area (Å²) in [6, 6.07) is 5.91. The first kappa shape index (κ1) is 15.9. The summed E-state index contributed by atoms with van der Waals surface area (Å²) in [6.45, 7) is 7.65. The summed E-state index contributed by atoms with van der Waals surface area (Å²) < 4.78 is 0. The lowest BCUT2D eigenvalue weighted by molar-refractivity contribution is 0.150. The van der Waals surface area contributed by atoms with Gasteiger partial charge in [0, 0.05) is 36.3 Å². The second-order valence-corrected chi connectivity index (χ2v) is 6.93. The van der Waals surface area contributed by atoms with Gasteiger partial charge in [-0.3, -0.25) is 4.98 Å². The number of pyridine rings is 1. The van der Waals surface area contributed by atoms with Gasteiger partial charge in [-0.05, 0) is 57.5 Å². The van der Waals surface area contributed by atoms with Crippen molar-refractivity contribution < 1.29 is 0 Å². The Balaban J connectivity index is 1.72. The molecule has 1 aliphatic rings. The van der Waals surface area contributed by atoms with Crippen molar-refractivity contribution in [3.8, 4) is 11.4 Å². The van der Waals surface area contributed by atoms with Crippen LogP contribution in [0, 0.1) is 12.3 Å². The molecule has 3 rings (SSSR count). The molecule has 0 atom stereocenters. The molecule has 0 unspecified atom stereocenters. The first-order chi connectivity index (χ1) is 11.0. The van der Waals surface area contributed by atoms with Crippen molar-refractivity contribution in [2.45, 2.75) is 26.7 Å². The molecule has 0 bridgehead atoms. The molecule has 0 amide bonds. The highest BCUT2D eigenvalue weighted by Crippen LogP contribution is 2.30. The summed E-state index contributed by atoms with van der Waals surface area (Å²) in [4.78, 5) is 15.7. The van der Waals surface area contributed by atoms with E-state index in [4.69, 9.17) is 0 Å². The molecule has 0 aliphatic carbocycles. The molecule has 0 aromatic carbocycles. The molecule has 0 radical (unpaired) electrons. The van der Waals surface area contributed by atoms with Gasteiger partial charge in [-0.15, -0.1) is 0 Å². The third-order valence-electron chi connectivity index (χ3n) is 4.66.